The van der Waals surface area contributed by atoms with Crippen molar-refractivity contribution in [2.45, 2.75) is 32.0 Å². The van der Waals surface area contributed by atoms with Crippen LogP contribution < -0.4 is 0 Å². The molecule has 0 spiro atoms. The van der Waals surface area contributed by atoms with Gasteiger partial charge in [-0.25, -0.2) is 0 Å². The molecule has 2 nitrogen and oxygen atoms in total. The van der Waals surface area contributed by atoms with Gasteiger partial charge in [0, 0.05) is 12.3 Å². The number of hydrogen-bond acceptors (Lipinski definition) is 2. The first kappa shape index (κ1) is 7.04. The Morgan fingerprint density at radius 3 is 3.18 bits per heavy atom. The van der Waals surface area contributed by atoms with Gasteiger partial charge in [-0.2, -0.15) is 0 Å². The highest BCUT2D eigenvalue weighted by Gasteiger charge is 2.37. The Labute approximate surface area is 66.2 Å². The molecule has 0 saturated carbocycles. The molecule has 3 unspecified atom stereocenters. The third-order valence-corrected chi connectivity index (χ3v) is 2.50. The number of ether oxygens (including phenoxy) is 1. The molecule has 2 bridgehead atoms. The smallest absolute Gasteiger partial charge is 0.141 e. The van der Waals surface area contributed by atoms with Gasteiger partial charge in [-0.15, -0.1) is 0 Å². The van der Waals surface area contributed by atoms with Crippen LogP contribution in [0.2, 0.25) is 0 Å². The lowest BCUT2D eigenvalue weighted by Gasteiger charge is -2.27. The number of fused-ring (bicyclic) bond motifs is 2. The Morgan fingerprint density at radius 2 is 2.45 bits per heavy atom. The molecular formula is C9H12O2. The fourth-order valence-corrected chi connectivity index (χ4v) is 1.86. The molecule has 0 amide bonds. The van der Waals surface area contributed by atoms with Gasteiger partial charge >= 0.3 is 0 Å². The minimum Gasteiger partial charge on any atom is -0.366 e. The zero-order valence-corrected chi connectivity index (χ0v) is 6.62. The molecule has 2 heteroatoms. The lowest BCUT2D eigenvalue weighted by atomic mass is 9.91. The highest BCUT2D eigenvalue weighted by molar-refractivity contribution is 5.83. The monoisotopic (exact) mass is 152 g/mol. The lowest BCUT2D eigenvalue weighted by molar-refractivity contribution is -0.136. The minimum absolute atomic E-state index is 0.0891. The molecule has 11 heavy (non-hydrogen) atoms. The molecule has 0 N–H and O–H groups in total. The van der Waals surface area contributed by atoms with E-state index in [1.54, 1.807) is 0 Å². The maximum atomic E-state index is 11.4. The van der Waals surface area contributed by atoms with Gasteiger partial charge in [0.25, 0.3) is 0 Å². The van der Waals surface area contributed by atoms with E-state index >= 15 is 0 Å². The summed E-state index contributed by atoms with van der Waals surface area (Å²) >= 11 is 0. The maximum absolute atomic E-state index is 11.4. The first-order valence-electron chi connectivity index (χ1n) is 4.17. The van der Waals surface area contributed by atoms with Crippen LogP contribution in [0.1, 0.15) is 19.8 Å². The number of hydrogen-bond donors (Lipinski definition) is 0. The SMILES string of the molecule is CCC1C(=O)CC2C=CC1O2. The standard InChI is InChI=1S/C9H12O2/c1-2-7-8(10)5-6-3-4-9(7)11-6/h3-4,6-7,9H,2,5H2,1H3. The molecule has 3 atom stereocenters. The molecule has 0 aromatic rings. The average Bonchev–Trinajstić information content (AvgIpc) is 2.34. The van der Waals surface area contributed by atoms with E-state index in [-0.39, 0.29) is 18.1 Å². The first-order valence-corrected chi connectivity index (χ1v) is 4.17. The van der Waals surface area contributed by atoms with E-state index in [0.717, 1.165) is 6.42 Å². The van der Waals surface area contributed by atoms with Crippen LogP contribution in [0.4, 0.5) is 0 Å². The largest absolute Gasteiger partial charge is 0.366 e. The summed E-state index contributed by atoms with van der Waals surface area (Å²) in [7, 11) is 0. The number of rotatable bonds is 1. The molecule has 0 aromatic carbocycles. The summed E-state index contributed by atoms with van der Waals surface area (Å²) in [4.78, 5) is 11.4. The van der Waals surface area contributed by atoms with Crippen LogP contribution in [-0.4, -0.2) is 18.0 Å². The zero-order valence-electron chi connectivity index (χ0n) is 6.62. The summed E-state index contributed by atoms with van der Waals surface area (Å²) in [6, 6.07) is 0. The Morgan fingerprint density at radius 1 is 1.64 bits per heavy atom. The molecule has 2 aliphatic heterocycles. The number of carbonyl (C=O) groups is 1. The van der Waals surface area contributed by atoms with Crippen LogP contribution in [0.5, 0.6) is 0 Å². The molecule has 0 aromatic heterocycles. The van der Waals surface area contributed by atoms with Crippen molar-refractivity contribution in [1.29, 1.82) is 0 Å². The number of ketones is 1. The van der Waals surface area contributed by atoms with Gasteiger partial charge in [0.05, 0.1) is 12.2 Å². The van der Waals surface area contributed by atoms with Gasteiger partial charge in [0.2, 0.25) is 0 Å². The second-order valence-electron chi connectivity index (χ2n) is 3.21. The van der Waals surface area contributed by atoms with Crippen molar-refractivity contribution in [2.24, 2.45) is 5.92 Å². The van der Waals surface area contributed by atoms with Crippen LogP contribution in [0.3, 0.4) is 0 Å². The number of carbonyl (C=O) groups excluding carboxylic acids is 1. The first-order chi connectivity index (χ1) is 5.31. The quantitative estimate of drug-likeness (QED) is 0.529. The Balaban J connectivity index is 2.19. The summed E-state index contributed by atoms with van der Waals surface area (Å²) in [5.74, 6) is 0.503. The van der Waals surface area contributed by atoms with E-state index in [0.29, 0.717) is 12.2 Å². The maximum Gasteiger partial charge on any atom is 0.141 e. The fraction of sp³-hybridized carbons (Fsp3) is 0.667. The molecule has 1 saturated heterocycles. The van der Waals surface area contributed by atoms with Gasteiger partial charge in [-0.1, -0.05) is 19.1 Å². The van der Waals surface area contributed by atoms with Gasteiger partial charge in [0.15, 0.2) is 0 Å². The summed E-state index contributed by atoms with van der Waals surface area (Å²) in [6.07, 6.45) is 5.72. The second kappa shape index (κ2) is 2.45. The van der Waals surface area contributed by atoms with Gasteiger partial charge in [0.1, 0.15) is 5.78 Å². The topological polar surface area (TPSA) is 26.3 Å². The minimum atomic E-state index is 0.0891. The van der Waals surface area contributed by atoms with Crippen LogP contribution in [0, 0.1) is 5.92 Å². The molecule has 2 rings (SSSR count). The highest BCUT2D eigenvalue weighted by atomic mass is 16.5. The normalized spacial score (nSPS) is 41.5. The van der Waals surface area contributed by atoms with Gasteiger partial charge in [-0.05, 0) is 6.42 Å². The Kier molecular flexibility index (Phi) is 1.57. The van der Waals surface area contributed by atoms with Crippen LogP contribution in [0.15, 0.2) is 12.2 Å². The van der Waals surface area contributed by atoms with Crippen molar-refractivity contribution in [2.75, 3.05) is 0 Å². The van der Waals surface area contributed by atoms with E-state index in [1.807, 2.05) is 19.1 Å². The van der Waals surface area contributed by atoms with Crippen molar-refractivity contribution in [3.63, 3.8) is 0 Å². The van der Waals surface area contributed by atoms with Gasteiger partial charge < -0.3 is 4.74 Å². The highest BCUT2D eigenvalue weighted by Crippen LogP contribution is 2.30. The molecule has 60 valence electrons. The number of Topliss-reactive ketones (excluding diaryl/α,β-unsaturated/α-hetero) is 1. The Hall–Kier alpha value is -0.630. The third kappa shape index (κ3) is 1.02. The molecule has 0 radical (unpaired) electrons. The average molecular weight is 152 g/mol. The summed E-state index contributed by atoms with van der Waals surface area (Å²) in [5.41, 5.74) is 0. The van der Waals surface area contributed by atoms with Crippen molar-refractivity contribution in [3.05, 3.63) is 12.2 Å². The van der Waals surface area contributed by atoms with Crippen LogP contribution in [0.25, 0.3) is 0 Å². The van der Waals surface area contributed by atoms with Crippen molar-refractivity contribution in [3.8, 4) is 0 Å². The Bertz CT molecular complexity index is 208. The molecular weight excluding hydrogens is 140 g/mol. The lowest BCUT2D eigenvalue weighted by Crippen LogP contribution is -2.35. The fourth-order valence-electron chi connectivity index (χ4n) is 1.86. The van der Waals surface area contributed by atoms with E-state index in [9.17, 15) is 4.79 Å². The van der Waals surface area contributed by atoms with Gasteiger partial charge in [-0.3, -0.25) is 4.79 Å². The third-order valence-electron chi connectivity index (χ3n) is 2.50. The molecule has 2 heterocycles. The van der Waals surface area contributed by atoms with Crippen LogP contribution >= 0.6 is 0 Å². The summed E-state index contributed by atoms with van der Waals surface area (Å²) in [5, 5.41) is 0. The molecule has 1 fully saturated rings. The zero-order chi connectivity index (χ0) is 7.84. The molecule has 2 aliphatic rings. The predicted molar refractivity (Wildman–Crippen MR) is 41.2 cm³/mol. The van der Waals surface area contributed by atoms with E-state index < -0.39 is 0 Å². The summed E-state index contributed by atoms with van der Waals surface area (Å²) in [6.45, 7) is 2.04. The molecule has 0 aliphatic carbocycles. The van der Waals surface area contributed by atoms with Crippen LogP contribution in [-0.2, 0) is 9.53 Å². The summed E-state index contributed by atoms with van der Waals surface area (Å²) < 4.78 is 5.54. The van der Waals surface area contributed by atoms with E-state index in [4.69, 9.17) is 4.74 Å². The van der Waals surface area contributed by atoms with Crippen molar-refractivity contribution in [1.82, 2.24) is 0 Å². The second-order valence-corrected chi connectivity index (χ2v) is 3.21. The van der Waals surface area contributed by atoms with E-state index in [1.165, 1.54) is 0 Å². The van der Waals surface area contributed by atoms with E-state index in [2.05, 4.69) is 0 Å². The van der Waals surface area contributed by atoms with Crippen molar-refractivity contribution >= 4 is 5.78 Å². The predicted octanol–water partition coefficient (Wildman–Crippen LogP) is 1.31. The van der Waals surface area contributed by atoms with Crippen molar-refractivity contribution < 1.29 is 9.53 Å².